The molecule has 1 amide bonds. The molecule has 2 heterocycles. The number of hydrogen-bond donors (Lipinski definition) is 1. The molecule has 0 aliphatic carbocycles. The fraction of sp³-hybridized carbons (Fsp3) is 0.0870. The molecule has 0 aliphatic heterocycles. The lowest BCUT2D eigenvalue weighted by Gasteiger charge is -2.08. The zero-order valence-electron chi connectivity index (χ0n) is 16.8. The number of anilines is 1. The van der Waals surface area contributed by atoms with Gasteiger partial charge < -0.3 is 14.5 Å². The first-order valence-electron chi connectivity index (χ1n) is 9.31. The third-order valence-electron chi connectivity index (χ3n) is 4.77. The summed E-state index contributed by atoms with van der Waals surface area (Å²) < 4.78 is 11.9. The Bertz CT molecular complexity index is 1420. The van der Waals surface area contributed by atoms with Crippen molar-refractivity contribution in [1.82, 2.24) is 0 Å². The smallest absolute Gasteiger partial charge is 0.349 e. The maximum Gasteiger partial charge on any atom is 0.349 e. The van der Waals surface area contributed by atoms with Crippen LogP contribution in [0.2, 0.25) is 0 Å². The molecule has 0 atom stereocenters. The number of amides is 1. The van der Waals surface area contributed by atoms with Gasteiger partial charge in [0.2, 0.25) is 0 Å². The third-order valence-corrected chi connectivity index (χ3v) is 6.82. The molecule has 9 heteroatoms. The summed E-state index contributed by atoms with van der Waals surface area (Å²) in [5.41, 5.74) is 1.14. The second-order valence-corrected chi connectivity index (χ2v) is 9.88. The highest BCUT2D eigenvalue weighted by molar-refractivity contribution is 9.10. The number of rotatable bonds is 4. The Morgan fingerprint density at radius 3 is 2.41 bits per heavy atom. The maximum absolute atomic E-state index is 13.0. The van der Waals surface area contributed by atoms with Crippen LogP contribution in [0.25, 0.3) is 22.1 Å². The fourth-order valence-corrected chi connectivity index (χ4v) is 5.02. The monoisotopic (exact) mass is 575 g/mol. The van der Waals surface area contributed by atoms with Crippen molar-refractivity contribution >= 4 is 71.0 Å². The molecule has 0 aliphatic rings. The summed E-state index contributed by atoms with van der Waals surface area (Å²) in [6, 6.07) is 14.1. The van der Waals surface area contributed by atoms with E-state index in [-0.39, 0.29) is 11.1 Å². The topological polar surface area (TPSA) is 85.6 Å². The molecule has 0 fully saturated rings. The van der Waals surface area contributed by atoms with Gasteiger partial charge in [0.05, 0.1) is 7.11 Å². The highest BCUT2D eigenvalue weighted by Gasteiger charge is 2.26. The molecule has 32 heavy (non-hydrogen) atoms. The van der Waals surface area contributed by atoms with Gasteiger partial charge in [-0.15, -0.1) is 11.3 Å². The van der Waals surface area contributed by atoms with Crippen LogP contribution in [0.15, 0.2) is 66.7 Å². The average Bonchev–Trinajstić information content (AvgIpc) is 3.09. The van der Waals surface area contributed by atoms with E-state index in [2.05, 4.69) is 37.2 Å². The molecule has 1 N–H and O–H groups in total. The predicted molar refractivity (Wildman–Crippen MR) is 132 cm³/mol. The Hall–Kier alpha value is -2.75. The lowest BCUT2D eigenvalue weighted by molar-refractivity contribution is 0.0603. The number of ether oxygens (including phenoxy) is 1. The summed E-state index contributed by atoms with van der Waals surface area (Å²) in [7, 11) is 1.28. The number of carbonyl (C=O) groups is 2. The van der Waals surface area contributed by atoms with E-state index >= 15 is 0 Å². The van der Waals surface area contributed by atoms with Crippen LogP contribution in [-0.4, -0.2) is 19.0 Å². The van der Waals surface area contributed by atoms with Crippen LogP contribution in [0.5, 0.6) is 0 Å². The summed E-state index contributed by atoms with van der Waals surface area (Å²) in [4.78, 5) is 38.9. The number of aryl methyl sites for hydroxylation is 1. The number of carbonyl (C=O) groups excluding carboxylic acids is 2. The zero-order chi connectivity index (χ0) is 23.0. The molecule has 162 valence electrons. The molecule has 6 nitrogen and oxygen atoms in total. The van der Waals surface area contributed by atoms with Crippen LogP contribution in [0.1, 0.15) is 25.6 Å². The number of nitrogens with one attached hydrogen (secondary N) is 1. The summed E-state index contributed by atoms with van der Waals surface area (Å²) >= 11 is 8.00. The molecular formula is C23H15Br2NO5S. The fourth-order valence-electron chi connectivity index (χ4n) is 3.32. The highest BCUT2D eigenvalue weighted by Crippen LogP contribution is 2.40. The quantitative estimate of drug-likeness (QED) is 0.225. The Balaban J connectivity index is 1.78. The molecule has 4 rings (SSSR count). The largest absolute Gasteiger partial charge is 0.465 e. The zero-order valence-corrected chi connectivity index (χ0v) is 20.8. The van der Waals surface area contributed by atoms with E-state index in [1.165, 1.54) is 24.5 Å². The van der Waals surface area contributed by atoms with Crippen LogP contribution < -0.4 is 10.9 Å². The van der Waals surface area contributed by atoms with Gasteiger partial charge in [-0.25, -0.2) is 9.59 Å². The Morgan fingerprint density at radius 2 is 1.72 bits per heavy atom. The van der Waals surface area contributed by atoms with Crippen molar-refractivity contribution in [1.29, 1.82) is 0 Å². The minimum Gasteiger partial charge on any atom is -0.465 e. The molecular weight excluding hydrogens is 562 g/mol. The predicted octanol–water partition coefficient (Wildman–Crippen LogP) is 6.39. The molecule has 2 aromatic carbocycles. The van der Waals surface area contributed by atoms with Gasteiger partial charge in [-0.2, -0.15) is 0 Å². The van der Waals surface area contributed by atoms with E-state index in [9.17, 15) is 14.4 Å². The van der Waals surface area contributed by atoms with Crippen LogP contribution in [0.3, 0.4) is 0 Å². The first-order chi connectivity index (χ1) is 15.3. The maximum atomic E-state index is 13.0. The van der Waals surface area contributed by atoms with Gasteiger partial charge in [0.15, 0.2) is 0 Å². The van der Waals surface area contributed by atoms with E-state index in [1.54, 1.807) is 18.2 Å². The Morgan fingerprint density at radius 1 is 1.03 bits per heavy atom. The van der Waals surface area contributed by atoms with E-state index in [0.29, 0.717) is 21.5 Å². The third kappa shape index (κ3) is 4.28. The molecule has 0 radical (unpaired) electrons. The van der Waals surface area contributed by atoms with Gasteiger partial charge in [-0.3, -0.25) is 4.79 Å². The van der Waals surface area contributed by atoms with Crippen LogP contribution in [-0.2, 0) is 4.74 Å². The van der Waals surface area contributed by atoms with Gasteiger partial charge >= 0.3 is 11.6 Å². The summed E-state index contributed by atoms with van der Waals surface area (Å²) in [6.45, 7) is 1.85. The SMILES string of the molecule is COC(=O)c1c(NC(=O)c2cc3cc(Br)ccc3oc2=O)sc(C)c1-c1ccc(Br)cc1. The van der Waals surface area contributed by atoms with Gasteiger partial charge in [0.25, 0.3) is 5.91 Å². The number of esters is 1. The number of benzene rings is 2. The Labute approximate surface area is 203 Å². The number of thiophene rings is 1. The van der Waals surface area contributed by atoms with Crippen LogP contribution >= 0.6 is 43.2 Å². The van der Waals surface area contributed by atoms with Crippen LogP contribution in [0, 0.1) is 6.92 Å². The summed E-state index contributed by atoms with van der Waals surface area (Å²) in [5, 5.41) is 3.59. The normalized spacial score (nSPS) is 10.9. The average molecular weight is 577 g/mol. The molecule has 0 saturated heterocycles. The first-order valence-corrected chi connectivity index (χ1v) is 11.7. The second-order valence-electron chi connectivity index (χ2n) is 6.82. The highest BCUT2D eigenvalue weighted by atomic mass is 79.9. The molecule has 0 bridgehead atoms. The van der Waals surface area contributed by atoms with Crippen molar-refractivity contribution in [3.8, 4) is 11.1 Å². The van der Waals surface area contributed by atoms with Gasteiger partial charge in [-0.1, -0.05) is 44.0 Å². The number of fused-ring (bicyclic) bond motifs is 1. The molecule has 0 unspecified atom stereocenters. The van der Waals surface area contributed by atoms with Crippen molar-refractivity contribution in [3.63, 3.8) is 0 Å². The molecule has 4 aromatic rings. The Kier molecular flexibility index (Phi) is 6.32. The van der Waals surface area contributed by atoms with Crippen molar-refractivity contribution in [2.75, 3.05) is 12.4 Å². The van der Waals surface area contributed by atoms with Gasteiger partial charge in [0.1, 0.15) is 21.7 Å². The van der Waals surface area contributed by atoms with Crippen molar-refractivity contribution in [3.05, 3.63) is 83.9 Å². The molecule has 0 spiro atoms. The standard InChI is InChI=1S/C23H15Br2NO5S/c1-11-18(12-3-5-14(24)6-4-12)19(23(29)30-2)21(32-11)26-20(27)16-10-13-9-15(25)7-8-17(13)31-22(16)28/h3-10H,1-2H3,(H,26,27). The van der Waals surface area contributed by atoms with E-state index in [1.807, 2.05) is 31.2 Å². The number of hydrogen-bond acceptors (Lipinski definition) is 6. The van der Waals surface area contributed by atoms with Gasteiger partial charge in [0, 0.05) is 24.8 Å². The van der Waals surface area contributed by atoms with E-state index < -0.39 is 17.5 Å². The minimum atomic E-state index is -0.765. The van der Waals surface area contributed by atoms with Crippen molar-refractivity contribution < 1.29 is 18.7 Å². The lowest BCUT2D eigenvalue weighted by atomic mass is 10.0. The second kappa shape index (κ2) is 9.01. The summed E-state index contributed by atoms with van der Waals surface area (Å²) in [6.07, 6.45) is 0. The molecule has 2 aromatic heterocycles. The van der Waals surface area contributed by atoms with E-state index in [4.69, 9.17) is 9.15 Å². The van der Waals surface area contributed by atoms with Crippen molar-refractivity contribution in [2.45, 2.75) is 6.92 Å². The first kappa shape index (κ1) is 22.4. The minimum absolute atomic E-state index is 0.164. The lowest BCUT2D eigenvalue weighted by Crippen LogP contribution is -2.21. The number of halogens is 2. The van der Waals surface area contributed by atoms with Gasteiger partial charge in [-0.05, 0) is 48.9 Å². The summed E-state index contributed by atoms with van der Waals surface area (Å²) in [5.74, 6) is -1.26. The van der Waals surface area contributed by atoms with Crippen molar-refractivity contribution in [2.24, 2.45) is 0 Å². The molecule has 0 saturated carbocycles. The van der Waals surface area contributed by atoms with E-state index in [0.717, 1.165) is 19.4 Å². The van der Waals surface area contributed by atoms with Crippen LogP contribution in [0.4, 0.5) is 5.00 Å². The number of methoxy groups -OCH3 is 1.